The first-order valence-corrected chi connectivity index (χ1v) is 12.3. The third-order valence-electron chi connectivity index (χ3n) is 4.47. The Balaban J connectivity index is 1.46. The molecule has 2 heterocycles. The first-order valence-electron chi connectivity index (χ1n) is 9.98. The van der Waals surface area contributed by atoms with Crippen LogP contribution in [0.1, 0.15) is 19.2 Å². The molecule has 0 spiro atoms. The number of nitrogens with zero attached hydrogens (tertiary/aromatic N) is 3. The van der Waals surface area contributed by atoms with Gasteiger partial charge in [0.25, 0.3) is 0 Å². The number of nitrogens with one attached hydrogen (secondary N) is 3. The first-order chi connectivity index (χ1) is 14.5. The Hall–Kier alpha value is -2.43. The molecule has 30 heavy (non-hydrogen) atoms. The Morgan fingerprint density at radius 3 is 2.77 bits per heavy atom. The number of guanidine groups is 1. The van der Waals surface area contributed by atoms with Gasteiger partial charge in [0.15, 0.2) is 5.96 Å². The number of aromatic nitrogens is 2. The van der Waals surface area contributed by atoms with Gasteiger partial charge in [0.05, 0.1) is 11.0 Å². The Bertz CT molecular complexity index is 1070. The smallest absolute Gasteiger partial charge is 0.250 e. The molecule has 10 heteroatoms. The summed E-state index contributed by atoms with van der Waals surface area (Å²) in [7, 11) is -3.44. The molecular weight excluding hydrogens is 420 g/mol. The zero-order chi connectivity index (χ0) is 21.4. The molecular formula is C20H28N6O2S2. The quantitative estimate of drug-likeness (QED) is 0.251. The number of hydrogen-bond acceptors (Lipinski definition) is 5. The molecule has 0 radical (unpaired) electrons. The Labute approximate surface area is 181 Å². The lowest BCUT2D eigenvalue weighted by atomic mass is 10.3. The van der Waals surface area contributed by atoms with Crippen molar-refractivity contribution < 1.29 is 8.42 Å². The van der Waals surface area contributed by atoms with Gasteiger partial charge >= 0.3 is 0 Å². The van der Waals surface area contributed by atoms with Gasteiger partial charge in [-0.1, -0.05) is 18.2 Å². The van der Waals surface area contributed by atoms with Crippen LogP contribution >= 0.6 is 11.3 Å². The van der Waals surface area contributed by atoms with Gasteiger partial charge < -0.3 is 15.2 Å². The fraction of sp³-hybridized carbons (Fsp3) is 0.400. The number of imidazole rings is 1. The molecule has 3 aromatic rings. The maximum Gasteiger partial charge on any atom is 0.250 e. The number of rotatable bonds is 10. The van der Waals surface area contributed by atoms with Crippen LogP contribution < -0.4 is 15.4 Å². The number of para-hydroxylation sites is 2. The van der Waals surface area contributed by atoms with Crippen LogP contribution in [0.3, 0.4) is 0 Å². The van der Waals surface area contributed by atoms with Gasteiger partial charge in [-0.2, -0.15) is 0 Å². The van der Waals surface area contributed by atoms with Gasteiger partial charge in [-0.15, -0.1) is 11.3 Å². The van der Waals surface area contributed by atoms with E-state index in [-0.39, 0.29) is 6.54 Å². The molecule has 8 nitrogen and oxygen atoms in total. The van der Waals surface area contributed by atoms with Crippen molar-refractivity contribution in [2.45, 2.75) is 31.0 Å². The maximum absolute atomic E-state index is 12.1. The number of thiophene rings is 1. The van der Waals surface area contributed by atoms with Crippen LogP contribution in [0, 0.1) is 6.92 Å². The van der Waals surface area contributed by atoms with Crippen LogP contribution in [-0.4, -0.2) is 50.1 Å². The zero-order valence-corrected chi connectivity index (χ0v) is 18.9. The highest BCUT2D eigenvalue weighted by atomic mass is 32.2. The number of hydrogen-bond donors (Lipinski definition) is 3. The summed E-state index contributed by atoms with van der Waals surface area (Å²) in [4.78, 5) is 9.18. The summed E-state index contributed by atoms with van der Waals surface area (Å²) in [6.07, 6.45) is 0.878. The predicted molar refractivity (Wildman–Crippen MR) is 123 cm³/mol. The van der Waals surface area contributed by atoms with Crippen molar-refractivity contribution in [3.8, 4) is 0 Å². The second-order valence-electron chi connectivity index (χ2n) is 6.67. The molecule has 162 valence electrons. The second-order valence-corrected chi connectivity index (χ2v) is 9.61. The fourth-order valence-electron chi connectivity index (χ4n) is 3.09. The third-order valence-corrected chi connectivity index (χ3v) is 7.33. The van der Waals surface area contributed by atoms with E-state index in [1.807, 2.05) is 32.0 Å². The minimum Gasteiger partial charge on any atom is -0.357 e. The molecule has 2 aromatic heterocycles. The average molecular weight is 449 g/mol. The molecule has 0 aliphatic rings. The molecule has 0 bridgehead atoms. The molecule has 0 saturated carbocycles. The molecule has 0 unspecified atom stereocenters. The zero-order valence-electron chi connectivity index (χ0n) is 17.3. The van der Waals surface area contributed by atoms with Crippen molar-refractivity contribution in [2.75, 3.05) is 26.2 Å². The topological polar surface area (TPSA) is 100 Å². The second kappa shape index (κ2) is 10.6. The van der Waals surface area contributed by atoms with E-state index < -0.39 is 10.0 Å². The number of benzene rings is 1. The Kier molecular flexibility index (Phi) is 7.83. The van der Waals surface area contributed by atoms with Crippen molar-refractivity contribution in [3.05, 3.63) is 47.6 Å². The van der Waals surface area contributed by atoms with Gasteiger partial charge in [0.2, 0.25) is 10.0 Å². The molecule has 0 amide bonds. The third kappa shape index (κ3) is 5.80. The molecule has 0 saturated heterocycles. The normalized spacial score (nSPS) is 12.4. The predicted octanol–water partition coefficient (Wildman–Crippen LogP) is 2.33. The van der Waals surface area contributed by atoms with Crippen LogP contribution in [-0.2, 0) is 16.6 Å². The van der Waals surface area contributed by atoms with Crippen LogP contribution in [0.4, 0.5) is 0 Å². The van der Waals surface area contributed by atoms with E-state index in [2.05, 4.69) is 36.0 Å². The lowest BCUT2D eigenvalue weighted by molar-refractivity contribution is 0.582. The largest absolute Gasteiger partial charge is 0.357 e. The van der Waals surface area contributed by atoms with Crippen LogP contribution in [0.2, 0.25) is 0 Å². The van der Waals surface area contributed by atoms with Gasteiger partial charge in [-0.05, 0) is 43.8 Å². The van der Waals surface area contributed by atoms with Crippen molar-refractivity contribution >= 4 is 38.4 Å². The van der Waals surface area contributed by atoms with E-state index >= 15 is 0 Å². The van der Waals surface area contributed by atoms with Gasteiger partial charge in [-0.25, -0.2) is 18.1 Å². The van der Waals surface area contributed by atoms with Crippen molar-refractivity contribution in [1.29, 1.82) is 0 Å². The van der Waals surface area contributed by atoms with Crippen LogP contribution in [0.15, 0.2) is 51.0 Å². The molecule has 3 rings (SSSR count). The number of sulfonamides is 1. The Morgan fingerprint density at radius 2 is 2.00 bits per heavy atom. The van der Waals surface area contributed by atoms with E-state index in [0.717, 1.165) is 36.4 Å². The summed E-state index contributed by atoms with van der Waals surface area (Å²) in [5.41, 5.74) is 2.15. The fourth-order valence-corrected chi connectivity index (χ4v) is 5.16. The standard InChI is InChI=1S/C20H28N6O2S2/c1-3-21-20(23-12-13-24-30(27,28)19-10-6-15-29-19)22-11-7-14-26-16(2)25-17-8-4-5-9-18(17)26/h4-6,8-10,15,24H,3,7,11-14H2,1-2H3,(H2,21,22,23). The molecule has 0 aliphatic carbocycles. The van der Waals surface area contributed by atoms with Gasteiger partial charge in [0.1, 0.15) is 10.0 Å². The summed E-state index contributed by atoms with van der Waals surface area (Å²) < 4.78 is 29.4. The SMILES string of the molecule is CCNC(=NCCCn1c(C)nc2ccccc21)NCCNS(=O)(=O)c1cccs1. The van der Waals surface area contributed by atoms with E-state index in [4.69, 9.17) is 0 Å². The lowest BCUT2D eigenvalue weighted by Crippen LogP contribution is -2.41. The molecule has 0 atom stereocenters. The number of aryl methyl sites for hydroxylation is 2. The van der Waals surface area contributed by atoms with Crippen molar-refractivity contribution in [2.24, 2.45) is 4.99 Å². The Morgan fingerprint density at radius 1 is 1.17 bits per heavy atom. The van der Waals surface area contributed by atoms with E-state index in [1.54, 1.807) is 17.5 Å². The summed E-state index contributed by atoms with van der Waals surface area (Å²) in [6, 6.07) is 11.5. The highest BCUT2D eigenvalue weighted by Gasteiger charge is 2.13. The minimum atomic E-state index is -3.44. The molecule has 0 aliphatic heterocycles. The van der Waals surface area contributed by atoms with E-state index in [0.29, 0.717) is 23.3 Å². The summed E-state index contributed by atoms with van der Waals surface area (Å²) in [5, 5.41) is 8.10. The molecule has 0 fully saturated rings. The lowest BCUT2D eigenvalue weighted by Gasteiger charge is -2.12. The highest BCUT2D eigenvalue weighted by Crippen LogP contribution is 2.16. The average Bonchev–Trinajstić information content (AvgIpc) is 3.37. The van der Waals surface area contributed by atoms with E-state index in [1.165, 1.54) is 11.3 Å². The molecule has 1 aromatic carbocycles. The maximum atomic E-state index is 12.1. The van der Waals surface area contributed by atoms with Gasteiger partial charge in [-0.3, -0.25) is 4.99 Å². The van der Waals surface area contributed by atoms with Crippen molar-refractivity contribution in [1.82, 2.24) is 24.9 Å². The van der Waals surface area contributed by atoms with Crippen molar-refractivity contribution in [3.63, 3.8) is 0 Å². The minimum absolute atomic E-state index is 0.283. The van der Waals surface area contributed by atoms with Gasteiger partial charge in [0, 0.05) is 32.7 Å². The monoisotopic (exact) mass is 448 g/mol. The first kappa shape index (κ1) is 22.3. The molecule has 3 N–H and O–H groups in total. The highest BCUT2D eigenvalue weighted by molar-refractivity contribution is 7.91. The summed E-state index contributed by atoms with van der Waals surface area (Å²) in [5.74, 6) is 1.68. The van der Waals surface area contributed by atoms with E-state index in [9.17, 15) is 8.42 Å². The summed E-state index contributed by atoms with van der Waals surface area (Å²) in [6.45, 7) is 6.98. The van der Waals surface area contributed by atoms with Crippen LogP contribution in [0.5, 0.6) is 0 Å². The number of aliphatic imine (C=N–C) groups is 1. The van der Waals surface area contributed by atoms with Crippen LogP contribution in [0.25, 0.3) is 11.0 Å². The number of fused-ring (bicyclic) bond motifs is 1. The summed E-state index contributed by atoms with van der Waals surface area (Å²) >= 11 is 1.20.